The lowest BCUT2D eigenvalue weighted by Gasteiger charge is -2.13. The van der Waals surface area contributed by atoms with Gasteiger partial charge in [0.15, 0.2) is 0 Å². The van der Waals surface area contributed by atoms with Crippen molar-refractivity contribution in [1.29, 1.82) is 0 Å². The molecule has 3 nitrogen and oxygen atoms in total. The zero-order chi connectivity index (χ0) is 8.27. The summed E-state index contributed by atoms with van der Waals surface area (Å²) in [6.07, 6.45) is 0. The number of aliphatic hydroxyl groups is 1. The summed E-state index contributed by atoms with van der Waals surface area (Å²) in [5.74, 6) is 5.38. The van der Waals surface area contributed by atoms with Crippen LogP contribution < -0.4 is 10.9 Å². The van der Waals surface area contributed by atoms with Crippen LogP contribution in [-0.4, -0.2) is 10.3 Å². The van der Waals surface area contributed by atoms with E-state index in [1.54, 1.807) is 12.1 Å². The van der Waals surface area contributed by atoms with Crippen molar-refractivity contribution < 1.29 is 5.11 Å². The van der Waals surface area contributed by atoms with Gasteiger partial charge in [-0.2, -0.15) is 0 Å². The highest BCUT2D eigenvalue weighted by molar-refractivity contribution is 14.0. The summed E-state index contributed by atoms with van der Waals surface area (Å²) < 4.78 is 0. The first-order valence-electron chi connectivity index (χ1n) is 3.04. The van der Waals surface area contributed by atoms with Crippen LogP contribution >= 0.6 is 36.2 Å². The van der Waals surface area contributed by atoms with Crippen LogP contribution in [0.4, 0.5) is 5.69 Å². The Morgan fingerprint density at radius 1 is 1.33 bits per heavy atom. The Hall–Kier alpha value is -0.400. The van der Waals surface area contributed by atoms with Crippen LogP contribution in [0, 0.1) is 0 Å². The largest absolute Gasteiger partial charge is 0.485 e. The lowest BCUT2D eigenvalue weighted by molar-refractivity contribution is 0.550. The van der Waals surface area contributed by atoms with Gasteiger partial charge in [0.25, 0.3) is 5.17 Å². The fourth-order valence-corrected chi connectivity index (χ4v) is 0.804. The maximum absolute atomic E-state index is 8.81. The highest BCUT2D eigenvalue weighted by atomic mass is 127. The number of nitrogens with two attached hydrogens (primary N) is 1. The van der Waals surface area contributed by atoms with E-state index in [4.69, 9.17) is 10.9 Å². The SMILES string of the molecule is I.NN(C(O)=S)c1ccccc1. The van der Waals surface area contributed by atoms with Crippen molar-refractivity contribution in [3.63, 3.8) is 0 Å². The minimum atomic E-state index is -0.337. The number of benzene rings is 1. The molecule has 3 N–H and O–H groups in total. The molecular weight excluding hydrogens is 287 g/mol. The van der Waals surface area contributed by atoms with E-state index in [1.165, 1.54) is 0 Å². The molecule has 12 heavy (non-hydrogen) atoms. The van der Waals surface area contributed by atoms with Crippen molar-refractivity contribution >= 4 is 47.1 Å². The number of aliphatic hydroxyl groups excluding tert-OH is 1. The third-order valence-corrected chi connectivity index (χ3v) is 1.44. The predicted molar refractivity (Wildman–Crippen MR) is 63.8 cm³/mol. The first-order chi connectivity index (χ1) is 5.22. The van der Waals surface area contributed by atoms with Crippen LogP contribution in [0.2, 0.25) is 0 Å². The number of hydrogen-bond donors (Lipinski definition) is 2. The van der Waals surface area contributed by atoms with Crippen LogP contribution in [0.3, 0.4) is 0 Å². The topological polar surface area (TPSA) is 49.5 Å². The summed E-state index contributed by atoms with van der Waals surface area (Å²) in [6.45, 7) is 0. The second-order valence-corrected chi connectivity index (χ2v) is 2.35. The van der Waals surface area contributed by atoms with Crippen molar-refractivity contribution in [2.45, 2.75) is 0 Å². The lowest BCUT2D eigenvalue weighted by Crippen LogP contribution is -2.35. The van der Waals surface area contributed by atoms with Crippen LogP contribution in [-0.2, 0) is 0 Å². The van der Waals surface area contributed by atoms with Gasteiger partial charge in [-0.25, -0.2) is 10.9 Å². The van der Waals surface area contributed by atoms with E-state index >= 15 is 0 Å². The van der Waals surface area contributed by atoms with E-state index in [9.17, 15) is 0 Å². The molecule has 0 saturated heterocycles. The summed E-state index contributed by atoms with van der Waals surface area (Å²) in [5.41, 5.74) is 0.667. The highest BCUT2D eigenvalue weighted by Gasteiger charge is 2.02. The fourth-order valence-electron chi connectivity index (χ4n) is 0.699. The van der Waals surface area contributed by atoms with Gasteiger partial charge in [0.1, 0.15) is 0 Å². The molecule has 5 heteroatoms. The zero-order valence-electron chi connectivity index (χ0n) is 6.18. The second-order valence-electron chi connectivity index (χ2n) is 1.99. The molecule has 0 unspecified atom stereocenters. The summed E-state index contributed by atoms with van der Waals surface area (Å²) >= 11 is 4.46. The van der Waals surface area contributed by atoms with Gasteiger partial charge < -0.3 is 5.11 Å². The van der Waals surface area contributed by atoms with Crippen molar-refractivity contribution in [1.82, 2.24) is 0 Å². The minimum absolute atomic E-state index is 0. The van der Waals surface area contributed by atoms with Crippen LogP contribution in [0.25, 0.3) is 0 Å². The Kier molecular flexibility index (Phi) is 5.11. The molecule has 1 aromatic carbocycles. The number of anilines is 1. The highest BCUT2D eigenvalue weighted by Crippen LogP contribution is 2.08. The molecule has 1 aromatic rings. The molecule has 66 valence electrons. The molecular formula is C7H9IN2OS. The molecule has 0 aliphatic heterocycles. The monoisotopic (exact) mass is 296 g/mol. The number of halogens is 1. The molecule has 0 fully saturated rings. The number of hydrazine groups is 1. The molecule has 0 radical (unpaired) electrons. The second kappa shape index (κ2) is 5.28. The van der Waals surface area contributed by atoms with Gasteiger partial charge in [-0.05, 0) is 24.4 Å². The minimum Gasteiger partial charge on any atom is -0.485 e. The molecule has 0 spiro atoms. The molecule has 0 atom stereocenters. The number of hydrogen-bond acceptors (Lipinski definition) is 2. The quantitative estimate of drug-likeness (QED) is 0.359. The first kappa shape index (κ1) is 11.6. The van der Waals surface area contributed by atoms with Crippen molar-refractivity contribution in [2.24, 2.45) is 5.84 Å². The standard InChI is InChI=1S/C7H8N2OS.HI/c8-9(7(10)11)6-4-2-1-3-5-6;/h1-5H,8H2,(H,10,11);1H. The first-order valence-corrected chi connectivity index (χ1v) is 3.45. The Balaban J connectivity index is 0.00000121. The Morgan fingerprint density at radius 2 is 1.83 bits per heavy atom. The number of nitrogens with zero attached hydrogens (tertiary/aromatic N) is 1. The summed E-state index contributed by atoms with van der Waals surface area (Å²) in [6, 6.07) is 8.99. The summed E-state index contributed by atoms with van der Waals surface area (Å²) in [4.78, 5) is 0. The van der Waals surface area contributed by atoms with E-state index in [1.807, 2.05) is 18.2 Å². The summed E-state index contributed by atoms with van der Waals surface area (Å²) in [7, 11) is 0. The normalized spacial score (nSPS) is 8.42. The van der Waals surface area contributed by atoms with Gasteiger partial charge in [-0.3, -0.25) is 0 Å². The fraction of sp³-hybridized carbons (Fsp3) is 0. The predicted octanol–water partition coefficient (Wildman–Crippen LogP) is 1.83. The third-order valence-electron chi connectivity index (χ3n) is 1.24. The molecule has 0 bridgehead atoms. The van der Waals surface area contributed by atoms with Crippen LogP contribution in [0.1, 0.15) is 0 Å². The van der Waals surface area contributed by atoms with E-state index in [0.29, 0.717) is 5.69 Å². The van der Waals surface area contributed by atoms with Crippen molar-refractivity contribution in [3.8, 4) is 0 Å². The number of rotatable bonds is 1. The van der Waals surface area contributed by atoms with Crippen LogP contribution in [0.5, 0.6) is 0 Å². The Labute approximate surface area is 93.2 Å². The van der Waals surface area contributed by atoms with E-state index in [-0.39, 0.29) is 29.2 Å². The maximum Gasteiger partial charge on any atom is 0.276 e. The molecule has 0 aliphatic rings. The van der Waals surface area contributed by atoms with Crippen LogP contribution in [0.15, 0.2) is 30.3 Å². The lowest BCUT2D eigenvalue weighted by atomic mass is 10.3. The van der Waals surface area contributed by atoms with E-state index < -0.39 is 0 Å². The maximum atomic E-state index is 8.81. The Morgan fingerprint density at radius 3 is 2.25 bits per heavy atom. The third kappa shape index (κ3) is 2.92. The molecule has 0 aliphatic carbocycles. The molecule has 0 saturated carbocycles. The average Bonchev–Trinajstić information content (AvgIpc) is 2.05. The molecule has 0 heterocycles. The Bertz CT molecular complexity index is 255. The van der Waals surface area contributed by atoms with Gasteiger partial charge in [-0.1, -0.05) is 18.2 Å². The van der Waals surface area contributed by atoms with E-state index in [0.717, 1.165) is 5.01 Å². The van der Waals surface area contributed by atoms with E-state index in [2.05, 4.69) is 12.2 Å². The summed E-state index contributed by atoms with van der Waals surface area (Å²) in [5, 5.41) is 9.51. The van der Waals surface area contributed by atoms with Gasteiger partial charge in [-0.15, -0.1) is 24.0 Å². The zero-order valence-corrected chi connectivity index (χ0v) is 9.32. The molecule has 0 amide bonds. The van der Waals surface area contributed by atoms with Crippen molar-refractivity contribution in [2.75, 3.05) is 5.01 Å². The number of para-hydroxylation sites is 1. The smallest absolute Gasteiger partial charge is 0.276 e. The van der Waals surface area contributed by atoms with Gasteiger partial charge in [0.05, 0.1) is 5.69 Å². The molecule has 1 rings (SSSR count). The van der Waals surface area contributed by atoms with Gasteiger partial charge in [0.2, 0.25) is 0 Å². The van der Waals surface area contributed by atoms with Crippen molar-refractivity contribution in [3.05, 3.63) is 30.3 Å². The number of thiocarbonyl (C=S) groups is 1. The van der Waals surface area contributed by atoms with Gasteiger partial charge in [0, 0.05) is 0 Å². The molecule has 0 aromatic heterocycles. The van der Waals surface area contributed by atoms with Gasteiger partial charge >= 0.3 is 0 Å². The average molecular weight is 296 g/mol.